The van der Waals surface area contributed by atoms with Crippen LogP contribution < -0.4 is 14.2 Å². The van der Waals surface area contributed by atoms with Crippen LogP contribution in [0.5, 0.6) is 11.5 Å². The van der Waals surface area contributed by atoms with E-state index in [1.165, 1.54) is 30.5 Å². The largest absolute Gasteiger partial charge is 0.586 e. The van der Waals surface area contributed by atoms with Crippen molar-refractivity contribution in [2.45, 2.75) is 37.4 Å². The zero-order valence-corrected chi connectivity index (χ0v) is 21.2. The molecule has 0 spiro atoms. The summed E-state index contributed by atoms with van der Waals surface area (Å²) in [6, 6.07) is 14.2. The van der Waals surface area contributed by atoms with E-state index in [1.807, 2.05) is 6.07 Å². The highest BCUT2D eigenvalue weighted by Crippen LogP contribution is 2.48. The number of ether oxygens (including phenoxy) is 2. The van der Waals surface area contributed by atoms with Gasteiger partial charge in [-0.15, -0.1) is 8.78 Å². The molecule has 1 N–H and O–H groups in total. The Balaban J connectivity index is 1.68. The summed E-state index contributed by atoms with van der Waals surface area (Å²) in [6.07, 6.45) is -2.45. The van der Waals surface area contributed by atoms with Crippen LogP contribution in [0.2, 0.25) is 0 Å². The molecule has 0 radical (unpaired) electrons. The lowest BCUT2D eigenvalue weighted by Gasteiger charge is -2.20. The van der Waals surface area contributed by atoms with Gasteiger partial charge in [0.25, 0.3) is 10.0 Å². The second-order valence-electron chi connectivity index (χ2n) is 9.68. The van der Waals surface area contributed by atoms with Gasteiger partial charge in [0.1, 0.15) is 11.9 Å². The Morgan fingerprint density at radius 2 is 1.71 bits per heavy atom. The van der Waals surface area contributed by atoms with E-state index in [2.05, 4.69) is 19.2 Å². The molecule has 0 saturated carbocycles. The molecule has 0 aliphatic carbocycles. The van der Waals surface area contributed by atoms with Gasteiger partial charge in [-0.1, -0.05) is 39.0 Å². The number of halogens is 3. The van der Waals surface area contributed by atoms with E-state index >= 15 is 0 Å². The zero-order chi connectivity index (χ0) is 27.5. The summed E-state index contributed by atoms with van der Waals surface area (Å²) in [5.74, 6) is -1.40. The first kappa shape index (κ1) is 25.4. The third-order valence-corrected chi connectivity index (χ3v) is 7.39. The van der Waals surface area contributed by atoms with Gasteiger partial charge in [0, 0.05) is 23.2 Å². The van der Waals surface area contributed by atoms with E-state index in [0.717, 1.165) is 12.1 Å². The van der Waals surface area contributed by atoms with Crippen molar-refractivity contribution < 1.29 is 31.1 Å². The summed E-state index contributed by atoms with van der Waals surface area (Å²) >= 11 is 0. The number of fused-ring (bicyclic) bond motifs is 2. The highest BCUT2D eigenvalue weighted by Gasteiger charge is 2.44. The first-order valence-electron chi connectivity index (χ1n) is 11.3. The van der Waals surface area contributed by atoms with Crippen LogP contribution in [0, 0.1) is 17.1 Å². The van der Waals surface area contributed by atoms with E-state index in [9.17, 15) is 26.9 Å². The molecule has 3 aromatic carbocycles. The topological polar surface area (TPSA) is 101 Å². The first-order valence-corrected chi connectivity index (χ1v) is 12.8. The summed E-state index contributed by atoms with van der Waals surface area (Å²) in [4.78, 5) is 3.89. The summed E-state index contributed by atoms with van der Waals surface area (Å²) in [6.45, 7) is 5.38. The Hall–Kier alpha value is -4.30. The van der Waals surface area contributed by atoms with E-state index in [-0.39, 0.29) is 33.2 Å². The maximum atomic E-state index is 14.8. The van der Waals surface area contributed by atoms with Crippen molar-refractivity contribution in [2.24, 2.45) is 0 Å². The molecule has 194 valence electrons. The smallest absolute Gasteiger partial charge is 0.395 e. The average Bonchev–Trinajstić information content (AvgIpc) is 3.14. The minimum absolute atomic E-state index is 0.125. The summed E-state index contributed by atoms with van der Waals surface area (Å²) < 4.78 is 80.7. The van der Waals surface area contributed by atoms with E-state index < -0.39 is 27.6 Å². The molecule has 11 heteroatoms. The van der Waals surface area contributed by atoms with Crippen LogP contribution in [0.4, 0.5) is 18.9 Å². The molecule has 0 amide bonds. The van der Waals surface area contributed by atoms with Gasteiger partial charge >= 0.3 is 6.29 Å². The second kappa shape index (κ2) is 8.63. The number of nitrogens with zero attached hydrogens (tertiary/aromatic N) is 2. The average molecular weight is 540 g/mol. The van der Waals surface area contributed by atoms with Crippen molar-refractivity contribution in [1.82, 2.24) is 4.98 Å². The summed E-state index contributed by atoms with van der Waals surface area (Å²) in [5, 5.41) is 9.95. The summed E-state index contributed by atoms with van der Waals surface area (Å²) in [5.41, 5.74) is 0.806. The van der Waals surface area contributed by atoms with Crippen LogP contribution in [0.25, 0.3) is 22.0 Å². The number of rotatable bonds is 4. The Kier molecular flexibility index (Phi) is 5.76. The van der Waals surface area contributed by atoms with Gasteiger partial charge in [-0.3, -0.25) is 9.71 Å². The van der Waals surface area contributed by atoms with Crippen LogP contribution in [0.1, 0.15) is 31.9 Å². The number of nitriles is 1. The van der Waals surface area contributed by atoms with Crippen LogP contribution in [-0.2, 0) is 15.4 Å². The third-order valence-electron chi connectivity index (χ3n) is 6.02. The monoisotopic (exact) mass is 539 g/mol. The quantitative estimate of drug-likeness (QED) is 0.325. The van der Waals surface area contributed by atoms with Crippen LogP contribution in [0.15, 0.2) is 65.7 Å². The fourth-order valence-electron chi connectivity index (χ4n) is 4.28. The maximum absolute atomic E-state index is 14.8. The predicted octanol–water partition coefficient (Wildman–Crippen LogP) is 6.33. The lowest BCUT2D eigenvalue weighted by atomic mass is 9.87. The van der Waals surface area contributed by atoms with Crippen molar-refractivity contribution in [2.75, 3.05) is 4.72 Å². The Morgan fingerprint density at radius 1 is 1.00 bits per heavy atom. The van der Waals surface area contributed by atoms with Crippen LogP contribution >= 0.6 is 0 Å². The number of benzene rings is 3. The molecule has 0 saturated heterocycles. The van der Waals surface area contributed by atoms with Gasteiger partial charge in [-0.2, -0.15) is 5.26 Å². The number of hydrogen-bond acceptors (Lipinski definition) is 6. The fraction of sp³-hybridized carbons (Fsp3) is 0.185. The van der Waals surface area contributed by atoms with E-state index in [4.69, 9.17) is 0 Å². The number of alkyl halides is 2. The molecule has 0 fully saturated rings. The SMILES string of the molecule is CC(C)(C)c1ccc(S(=O)(=O)Nc2cc3c(cc2-c2ccc(C#N)c4ncccc24)OC(F)(F)O3)cc1F. The number of sulfonamides is 1. The lowest BCUT2D eigenvalue weighted by molar-refractivity contribution is -0.286. The van der Waals surface area contributed by atoms with Crippen molar-refractivity contribution in [3.05, 3.63) is 77.7 Å². The maximum Gasteiger partial charge on any atom is 0.586 e. The van der Waals surface area contributed by atoms with Crippen LogP contribution in [-0.4, -0.2) is 19.7 Å². The second-order valence-corrected chi connectivity index (χ2v) is 11.4. The highest BCUT2D eigenvalue weighted by molar-refractivity contribution is 7.92. The third kappa shape index (κ3) is 4.48. The molecule has 1 aliphatic rings. The predicted molar refractivity (Wildman–Crippen MR) is 134 cm³/mol. The lowest BCUT2D eigenvalue weighted by Crippen LogP contribution is -2.25. The Labute approximate surface area is 216 Å². The summed E-state index contributed by atoms with van der Waals surface area (Å²) in [7, 11) is -4.38. The molecular weight excluding hydrogens is 519 g/mol. The number of nitrogens with one attached hydrogen (secondary N) is 1. The molecule has 2 heterocycles. The molecule has 4 aromatic rings. The van der Waals surface area contributed by atoms with Crippen molar-refractivity contribution in [3.63, 3.8) is 0 Å². The number of anilines is 1. The molecule has 1 aromatic heterocycles. The molecule has 7 nitrogen and oxygen atoms in total. The van der Waals surface area contributed by atoms with Gasteiger partial charge in [0.15, 0.2) is 11.5 Å². The van der Waals surface area contributed by atoms with Crippen molar-refractivity contribution in [3.8, 4) is 28.7 Å². The minimum Gasteiger partial charge on any atom is -0.395 e. The Bertz CT molecular complexity index is 1760. The molecule has 0 bridgehead atoms. The van der Waals surface area contributed by atoms with E-state index in [1.54, 1.807) is 39.0 Å². The van der Waals surface area contributed by atoms with E-state index in [0.29, 0.717) is 22.0 Å². The van der Waals surface area contributed by atoms with Crippen molar-refractivity contribution in [1.29, 1.82) is 5.26 Å². The molecule has 38 heavy (non-hydrogen) atoms. The molecule has 1 aliphatic heterocycles. The molecular formula is C27H20F3N3O4S. The fourth-order valence-corrected chi connectivity index (χ4v) is 5.36. The minimum atomic E-state index is -4.38. The van der Waals surface area contributed by atoms with Gasteiger partial charge in [0.05, 0.1) is 21.7 Å². The molecule has 0 unspecified atom stereocenters. The molecule has 0 atom stereocenters. The number of aromatic nitrogens is 1. The van der Waals surface area contributed by atoms with Gasteiger partial charge in [-0.05, 0) is 46.9 Å². The number of pyridine rings is 1. The van der Waals surface area contributed by atoms with Crippen molar-refractivity contribution >= 4 is 26.6 Å². The van der Waals surface area contributed by atoms with Crippen LogP contribution in [0.3, 0.4) is 0 Å². The zero-order valence-electron chi connectivity index (χ0n) is 20.3. The Morgan fingerprint density at radius 3 is 2.37 bits per heavy atom. The van der Waals surface area contributed by atoms with Gasteiger partial charge < -0.3 is 9.47 Å². The first-order chi connectivity index (χ1) is 17.8. The normalized spacial score (nSPS) is 14.3. The number of hydrogen-bond donors (Lipinski definition) is 1. The highest BCUT2D eigenvalue weighted by atomic mass is 32.2. The van der Waals surface area contributed by atoms with Gasteiger partial charge in [-0.25, -0.2) is 12.8 Å². The standard InChI is InChI=1S/C27H20F3N3O4S/c1-26(2,3)20-9-7-16(11-21(20)28)38(34,35)33-22-13-24-23(36-27(29,30)37-24)12-19(22)17-8-6-15(14-31)25-18(17)5-4-10-32-25/h4-13,33H,1-3H3. The molecule has 5 rings (SSSR count). The van der Waals surface area contributed by atoms with Gasteiger partial charge in [0.2, 0.25) is 0 Å².